The Hall–Kier alpha value is -2.08. The number of hydrogen-bond acceptors (Lipinski definition) is 2. The molecule has 0 aliphatic rings. The summed E-state index contributed by atoms with van der Waals surface area (Å²) in [6, 6.07) is 7.21. The Morgan fingerprint density at radius 1 is 1.47 bits per heavy atom. The highest BCUT2D eigenvalue weighted by molar-refractivity contribution is 6.44. The molecule has 76 valence electrons. The highest BCUT2D eigenvalue weighted by Gasteiger charge is 2.09. The van der Waals surface area contributed by atoms with E-state index in [0.29, 0.717) is 5.56 Å². The molecule has 2 N–H and O–H groups in total. The van der Waals surface area contributed by atoms with Crippen LogP contribution in [0.1, 0.15) is 11.1 Å². The Morgan fingerprint density at radius 2 is 2.07 bits per heavy atom. The quantitative estimate of drug-likeness (QED) is 0.557. The SMILES string of the molecule is C#CCNC(=O)C(=N)c1ccc(C)cc1. The molecule has 0 atom stereocenters. The van der Waals surface area contributed by atoms with E-state index in [-0.39, 0.29) is 12.3 Å². The first-order valence-corrected chi connectivity index (χ1v) is 4.52. The van der Waals surface area contributed by atoms with Gasteiger partial charge < -0.3 is 5.32 Å². The van der Waals surface area contributed by atoms with Crippen molar-refractivity contribution in [1.82, 2.24) is 5.32 Å². The van der Waals surface area contributed by atoms with Crippen LogP contribution in [0.3, 0.4) is 0 Å². The zero-order valence-corrected chi connectivity index (χ0v) is 8.50. The number of terminal acetylenes is 1. The van der Waals surface area contributed by atoms with Gasteiger partial charge in [-0.1, -0.05) is 35.7 Å². The molecule has 0 aromatic heterocycles. The summed E-state index contributed by atoms with van der Waals surface area (Å²) < 4.78 is 0. The molecule has 0 unspecified atom stereocenters. The summed E-state index contributed by atoms with van der Waals surface area (Å²) in [5.74, 6) is 1.84. The van der Waals surface area contributed by atoms with E-state index in [1.165, 1.54) is 0 Å². The lowest BCUT2D eigenvalue weighted by atomic mass is 10.1. The normalized spacial score (nSPS) is 9.07. The van der Waals surface area contributed by atoms with E-state index < -0.39 is 5.91 Å². The fraction of sp³-hybridized carbons (Fsp3) is 0.167. The Morgan fingerprint density at radius 3 is 2.60 bits per heavy atom. The lowest BCUT2D eigenvalue weighted by Crippen LogP contribution is -2.31. The predicted octanol–water partition coefficient (Wildman–Crippen LogP) is 1.11. The van der Waals surface area contributed by atoms with Crippen molar-refractivity contribution in [1.29, 1.82) is 5.41 Å². The monoisotopic (exact) mass is 200 g/mol. The second-order valence-electron chi connectivity index (χ2n) is 3.13. The Bertz CT molecular complexity index is 412. The zero-order valence-electron chi connectivity index (χ0n) is 8.50. The lowest BCUT2D eigenvalue weighted by Gasteiger charge is -2.03. The molecule has 1 rings (SSSR count). The summed E-state index contributed by atoms with van der Waals surface area (Å²) in [5, 5.41) is 10.0. The molecule has 1 amide bonds. The van der Waals surface area contributed by atoms with E-state index in [4.69, 9.17) is 11.8 Å². The van der Waals surface area contributed by atoms with Crippen molar-refractivity contribution in [2.45, 2.75) is 6.92 Å². The molecule has 1 aromatic rings. The third-order valence-corrected chi connectivity index (χ3v) is 1.92. The molecule has 0 spiro atoms. The maximum atomic E-state index is 11.4. The largest absolute Gasteiger partial charge is 0.340 e. The van der Waals surface area contributed by atoms with Gasteiger partial charge in [0.1, 0.15) is 5.71 Å². The Kier molecular flexibility index (Phi) is 3.64. The maximum absolute atomic E-state index is 11.4. The van der Waals surface area contributed by atoms with Gasteiger partial charge in [0.05, 0.1) is 6.54 Å². The van der Waals surface area contributed by atoms with E-state index in [0.717, 1.165) is 5.56 Å². The third kappa shape index (κ3) is 2.96. The van der Waals surface area contributed by atoms with E-state index in [2.05, 4.69) is 11.2 Å². The van der Waals surface area contributed by atoms with E-state index in [9.17, 15) is 4.79 Å². The molecule has 0 saturated carbocycles. The van der Waals surface area contributed by atoms with Gasteiger partial charge in [0.25, 0.3) is 5.91 Å². The average molecular weight is 200 g/mol. The molecule has 0 radical (unpaired) electrons. The smallest absolute Gasteiger partial charge is 0.270 e. The number of rotatable bonds is 3. The molecule has 0 bridgehead atoms. The van der Waals surface area contributed by atoms with Crippen LogP contribution in [-0.2, 0) is 4.79 Å². The highest BCUT2D eigenvalue weighted by atomic mass is 16.1. The molecule has 0 heterocycles. The summed E-state index contributed by atoms with van der Waals surface area (Å²) >= 11 is 0. The maximum Gasteiger partial charge on any atom is 0.270 e. The Balaban J connectivity index is 2.73. The van der Waals surface area contributed by atoms with E-state index >= 15 is 0 Å². The summed E-state index contributed by atoms with van der Waals surface area (Å²) in [6.07, 6.45) is 5.00. The van der Waals surface area contributed by atoms with Crippen LogP contribution in [0.15, 0.2) is 24.3 Å². The van der Waals surface area contributed by atoms with Crippen molar-refractivity contribution >= 4 is 11.6 Å². The van der Waals surface area contributed by atoms with Gasteiger partial charge in [0.2, 0.25) is 0 Å². The van der Waals surface area contributed by atoms with Crippen LogP contribution < -0.4 is 5.32 Å². The minimum absolute atomic E-state index is 0.0646. The van der Waals surface area contributed by atoms with Crippen LogP contribution in [0, 0.1) is 24.7 Å². The molecule has 0 fully saturated rings. The first-order valence-electron chi connectivity index (χ1n) is 4.52. The number of carbonyl (C=O) groups is 1. The van der Waals surface area contributed by atoms with Crippen LogP contribution >= 0.6 is 0 Å². The first-order chi connectivity index (χ1) is 7.15. The molecule has 0 aliphatic carbocycles. The van der Waals surface area contributed by atoms with Crippen LogP contribution in [0.2, 0.25) is 0 Å². The summed E-state index contributed by atoms with van der Waals surface area (Å²) in [7, 11) is 0. The van der Waals surface area contributed by atoms with E-state index in [1.54, 1.807) is 12.1 Å². The zero-order chi connectivity index (χ0) is 11.3. The number of benzene rings is 1. The topological polar surface area (TPSA) is 53.0 Å². The molecular weight excluding hydrogens is 188 g/mol. The van der Waals surface area contributed by atoms with Gasteiger partial charge in [0, 0.05) is 5.56 Å². The van der Waals surface area contributed by atoms with Crippen LogP contribution in [-0.4, -0.2) is 18.2 Å². The van der Waals surface area contributed by atoms with Gasteiger partial charge in [0.15, 0.2) is 0 Å². The van der Waals surface area contributed by atoms with Gasteiger partial charge in [-0.3, -0.25) is 10.2 Å². The molecule has 0 aliphatic heterocycles. The number of amides is 1. The minimum atomic E-state index is -0.447. The third-order valence-electron chi connectivity index (χ3n) is 1.92. The summed E-state index contributed by atoms with van der Waals surface area (Å²) in [5.41, 5.74) is 1.62. The average Bonchev–Trinajstić information content (AvgIpc) is 2.26. The predicted molar refractivity (Wildman–Crippen MR) is 59.9 cm³/mol. The molecule has 3 heteroatoms. The highest BCUT2D eigenvalue weighted by Crippen LogP contribution is 2.03. The second kappa shape index (κ2) is 4.97. The van der Waals surface area contributed by atoms with Gasteiger partial charge in [-0.05, 0) is 6.92 Å². The number of hydrogen-bond donors (Lipinski definition) is 2. The van der Waals surface area contributed by atoms with Gasteiger partial charge in [-0.25, -0.2) is 0 Å². The molecule has 0 saturated heterocycles. The van der Waals surface area contributed by atoms with Crippen molar-refractivity contribution < 1.29 is 4.79 Å². The summed E-state index contributed by atoms with van der Waals surface area (Å²) in [4.78, 5) is 11.4. The molecule has 1 aromatic carbocycles. The summed E-state index contributed by atoms with van der Waals surface area (Å²) in [6.45, 7) is 2.10. The van der Waals surface area contributed by atoms with Gasteiger partial charge in [-0.2, -0.15) is 0 Å². The number of nitrogens with one attached hydrogen (secondary N) is 2. The fourth-order valence-electron chi connectivity index (χ4n) is 1.07. The second-order valence-corrected chi connectivity index (χ2v) is 3.13. The Labute approximate surface area is 89.0 Å². The molecule has 15 heavy (non-hydrogen) atoms. The van der Waals surface area contributed by atoms with Crippen LogP contribution in [0.5, 0.6) is 0 Å². The first kappa shape index (κ1) is 11.0. The molecule has 3 nitrogen and oxygen atoms in total. The lowest BCUT2D eigenvalue weighted by molar-refractivity contribution is -0.114. The number of aryl methyl sites for hydroxylation is 1. The van der Waals surface area contributed by atoms with Crippen LogP contribution in [0.4, 0.5) is 0 Å². The van der Waals surface area contributed by atoms with Gasteiger partial charge in [-0.15, -0.1) is 6.42 Å². The molecular formula is C12H12N2O. The van der Waals surface area contributed by atoms with Crippen LogP contribution in [0.25, 0.3) is 0 Å². The van der Waals surface area contributed by atoms with Crippen molar-refractivity contribution in [3.8, 4) is 12.3 Å². The van der Waals surface area contributed by atoms with Gasteiger partial charge >= 0.3 is 0 Å². The van der Waals surface area contributed by atoms with E-state index in [1.807, 2.05) is 19.1 Å². The fourth-order valence-corrected chi connectivity index (χ4v) is 1.07. The van der Waals surface area contributed by atoms with Crippen molar-refractivity contribution in [2.24, 2.45) is 0 Å². The van der Waals surface area contributed by atoms with Crippen molar-refractivity contribution in [3.05, 3.63) is 35.4 Å². The minimum Gasteiger partial charge on any atom is -0.340 e. The standard InChI is InChI=1S/C12H12N2O/c1-3-8-14-12(15)11(13)10-6-4-9(2)5-7-10/h1,4-7,13H,8H2,2H3,(H,14,15). The number of carbonyl (C=O) groups excluding carboxylic acids is 1. The van der Waals surface area contributed by atoms with Crippen molar-refractivity contribution in [2.75, 3.05) is 6.54 Å². The van der Waals surface area contributed by atoms with Crippen molar-refractivity contribution in [3.63, 3.8) is 0 Å².